The lowest BCUT2D eigenvalue weighted by atomic mass is 9.80. The highest BCUT2D eigenvalue weighted by Crippen LogP contribution is 2.33. The number of hydrogen-bond donors (Lipinski definition) is 1. The van der Waals surface area contributed by atoms with Crippen molar-refractivity contribution in [1.82, 2.24) is 19.6 Å². The number of pyridine rings is 1. The van der Waals surface area contributed by atoms with E-state index in [9.17, 15) is 0 Å². The number of fused-ring (bicyclic) bond motifs is 1. The molecule has 5 nitrogen and oxygen atoms in total. The van der Waals surface area contributed by atoms with Crippen molar-refractivity contribution in [3.05, 3.63) is 60.6 Å². The maximum absolute atomic E-state index is 6.35. The van der Waals surface area contributed by atoms with Crippen LogP contribution in [0.1, 0.15) is 43.7 Å². The predicted molar refractivity (Wildman–Crippen MR) is 117 cm³/mol. The van der Waals surface area contributed by atoms with Crippen molar-refractivity contribution >= 4 is 24.8 Å². The summed E-state index contributed by atoms with van der Waals surface area (Å²) in [6.45, 7) is 0. The second-order valence-electron chi connectivity index (χ2n) is 7.72. The fourth-order valence-electron chi connectivity index (χ4n) is 4.27. The van der Waals surface area contributed by atoms with Crippen molar-refractivity contribution < 1.29 is 0 Å². The van der Waals surface area contributed by atoms with Crippen molar-refractivity contribution in [2.75, 3.05) is 5.73 Å². The summed E-state index contributed by atoms with van der Waals surface area (Å²) < 4.78 is 1.64. The van der Waals surface area contributed by atoms with Gasteiger partial charge in [0.1, 0.15) is 13.7 Å². The van der Waals surface area contributed by atoms with Gasteiger partial charge in [-0.3, -0.25) is 4.98 Å². The van der Waals surface area contributed by atoms with Crippen molar-refractivity contribution in [2.24, 2.45) is 0 Å². The molecule has 2 N–H and O–H groups in total. The molecule has 3 heterocycles. The Balaban J connectivity index is 1.57. The van der Waals surface area contributed by atoms with Crippen LogP contribution in [0.3, 0.4) is 0 Å². The normalized spacial score (nSPS) is 15.0. The number of rotatable bonds is 3. The van der Waals surface area contributed by atoms with E-state index in [1.54, 1.807) is 10.7 Å². The van der Waals surface area contributed by atoms with Gasteiger partial charge in [0, 0.05) is 34.5 Å². The number of hydrogen-bond acceptors (Lipinski definition) is 4. The van der Waals surface area contributed by atoms with E-state index < -0.39 is 0 Å². The Bertz CT molecular complexity index is 1150. The Labute approximate surface area is 171 Å². The molecule has 0 bridgehead atoms. The van der Waals surface area contributed by atoms with Gasteiger partial charge in [0.2, 0.25) is 0 Å². The minimum atomic E-state index is 0.373. The minimum Gasteiger partial charge on any atom is -0.384 e. The summed E-state index contributed by atoms with van der Waals surface area (Å²) in [4.78, 5) is 9.59. The molecule has 2 radical (unpaired) electrons. The zero-order valence-electron chi connectivity index (χ0n) is 16.3. The molecule has 1 saturated carbocycles. The molecule has 29 heavy (non-hydrogen) atoms. The van der Waals surface area contributed by atoms with Gasteiger partial charge in [0.25, 0.3) is 0 Å². The average molecular weight is 379 g/mol. The number of nitrogen functional groups attached to an aromatic ring is 1. The summed E-state index contributed by atoms with van der Waals surface area (Å²) in [7, 11) is 6.35. The van der Waals surface area contributed by atoms with Gasteiger partial charge in [-0.15, -0.1) is 0 Å². The summed E-state index contributed by atoms with van der Waals surface area (Å²) in [5.41, 5.74) is 12.5. The minimum absolute atomic E-state index is 0.373. The van der Waals surface area contributed by atoms with E-state index in [-0.39, 0.29) is 0 Å². The van der Waals surface area contributed by atoms with E-state index in [1.165, 1.54) is 19.3 Å². The van der Waals surface area contributed by atoms with Crippen LogP contribution >= 0.6 is 0 Å². The number of benzene rings is 1. The smallest absolute Gasteiger partial charge is 0.165 e. The molecular formula is C23H22BN5. The molecule has 5 rings (SSSR count). The van der Waals surface area contributed by atoms with Gasteiger partial charge in [-0.2, -0.15) is 9.61 Å². The zero-order chi connectivity index (χ0) is 19.8. The molecule has 1 aliphatic carbocycles. The molecule has 0 amide bonds. The first-order chi connectivity index (χ1) is 14.2. The van der Waals surface area contributed by atoms with Crippen molar-refractivity contribution in [3.8, 4) is 22.4 Å². The molecule has 0 atom stereocenters. The van der Waals surface area contributed by atoms with Crippen LogP contribution in [-0.2, 0) is 0 Å². The largest absolute Gasteiger partial charge is 0.384 e. The van der Waals surface area contributed by atoms with Crippen molar-refractivity contribution in [1.29, 1.82) is 0 Å². The highest BCUT2D eigenvalue weighted by Gasteiger charge is 2.22. The van der Waals surface area contributed by atoms with Crippen LogP contribution in [0.25, 0.3) is 28.0 Å². The summed E-state index contributed by atoms with van der Waals surface area (Å²) in [5, 5.41) is 4.44. The lowest BCUT2D eigenvalue weighted by Gasteiger charge is -2.23. The van der Waals surface area contributed by atoms with Crippen molar-refractivity contribution in [2.45, 2.75) is 38.0 Å². The van der Waals surface area contributed by atoms with E-state index in [1.807, 2.05) is 30.5 Å². The standard InChI is InChI=1S/C23H22BN5/c24-20-21(16-9-5-2-6-10-16)28-23-18(14-27-29(23)22(20)25)17-11-12-19(26-13-17)15-7-3-1-4-8-15/h1,3-4,7-8,11-14,16H,2,5-6,9-10,25H2. The third-order valence-electron chi connectivity index (χ3n) is 5.89. The molecule has 142 valence electrons. The Morgan fingerprint density at radius 2 is 1.72 bits per heavy atom. The Kier molecular flexibility index (Phi) is 4.54. The van der Waals surface area contributed by atoms with Crippen LogP contribution in [0.2, 0.25) is 0 Å². The molecule has 1 fully saturated rings. The average Bonchev–Trinajstić information content (AvgIpc) is 3.22. The Morgan fingerprint density at radius 3 is 2.45 bits per heavy atom. The highest BCUT2D eigenvalue weighted by atomic mass is 15.3. The van der Waals surface area contributed by atoms with Gasteiger partial charge in [0.05, 0.1) is 11.9 Å². The topological polar surface area (TPSA) is 69.1 Å². The van der Waals surface area contributed by atoms with Gasteiger partial charge in [0.15, 0.2) is 5.65 Å². The molecule has 1 aliphatic rings. The molecule has 0 spiro atoms. The first-order valence-electron chi connectivity index (χ1n) is 10.2. The predicted octanol–water partition coefficient (Wildman–Crippen LogP) is 3.88. The van der Waals surface area contributed by atoms with Gasteiger partial charge in [-0.25, -0.2) is 4.98 Å². The van der Waals surface area contributed by atoms with Crippen molar-refractivity contribution in [3.63, 3.8) is 0 Å². The molecule has 6 heteroatoms. The molecule has 0 unspecified atom stereocenters. The van der Waals surface area contributed by atoms with Gasteiger partial charge in [-0.05, 0) is 24.4 Å². The molecule has 0 aliphatic heterocycles. The van der Waals surface area contributed by atoms with Crippen LogP contribution < -0.4 is 11.2 Å². The summed E-state index contributed by atoms with van der Waals surface area (Å²) in [6.07, 6.45) is 9.61. The molecule has 3 aromatic heterocycles. The maximum Gasteiger partial charge on any atom is 0.165 e. The maximum atomic E-state index is 6.35. The second kappa shape index (κ2) is 7.35. The lowest BCUT2D eigenvalue weighted by Crippen LogP contribution is -2.25. The summed E-state index contributed by atoms with van der Waals surface area (Å²) >= 11 is 0. The number of aromatic nitrogens is 4. The fraction of sp³-hybridized carbons (Fsp3) is 0.261. The monoisotopic (exact) mass is 379 g/mol. The SMILES string of the molecule is [B]c1c(C2CCCCC2)nc2c(-c3ccc(-c4ccccc4)nc3)cnn2c1N. The number of anilines is 1. The summed E-state index contributed by atoms with van der Waals surface area (Å²) in [5.74, 6) is 0.841. The molecule has 0 saturated heterocycles. The van der Waals surface area contributed by atoms with E-state index in [0.717, 1.165) is 46.6 Å². The van der Waals surface area contributed by atoms with E-state index in [0.29, 0.717) is 17.2 Å². The van der Waals surface area contributed by atoms with Crippen LogP contribution in [0, 0.1) is 0 Å². The zero-order valence-corrected chi connectivity index (χ0v) is 16.3. The van der Waals surface area contributed by atoms with Crippen LogP contribution in [0.15, 0.2) is 54.9 Å². The Hall–Kier alpha value is -3.15. The second-order valence-corrected chi connectivity index (χ2v) is 7.72. The van der Waals surface area contributed by atoms with E-state index in [4.69, 9.17) is 18.6 Å². The Morgan fingerprint density at radius 1 is 0.931 bits per heavy atom. The summed E-state index contributed by atoms with van der Waals surface area (Å²) in [6, 6.07) is 14.2. The molecular weight excluding hydrogens is 357 g/mol. The number of nitrogens with two attached hydrogens (primary N) is 1. The highest BCUT2D eigenvalue weighted by molar-refractivity contribution is 6.36. The fourth-order valence-corrected chi connectivity index (χ4v) is 4.27. The molecule has 4 aromatic rings. The van der Waals surface area contributed by atoms with Gasteiger partial charge < -0.3 is 5.73 Å². The van der Waals surface area contributed by atoms with Gasteiger partial charge >= 0.3 is 0 Å². The first-order valence-corrected chi connectivity index (χ1v) is 10.2. The first kappa shape index (κ1) is 17.9. The van der Waals surface area contributed by atoms with E-state index >= 15 is 0 Å². The van der Waals surface area contributed by atoms with Gasteiger partial charge in [-0.1, -0.05) is 55.7 Å². The van der Waals surface area contributed by atoms with E-state index in [2.05, 4.69) is 28.3 Å². The third-order valence-corrected chi connectivity index (χ3v) is 5.89. The molecule has 1 aromatic carbocycles. The lowest BCUT2D eigenvalue weighted by molar-refractivity contribution is 0.438. The van der Waals surface area contributed by atoms with Crippen LogP contribution in [0.4, 0.5) is 5.82 Å². The third kappa shape index (κ3) is 3.18. The van der Waals surface area contributed by atoms with Crippen LogP contribution in [0.5, 0.6) is 0 Å². The van der Waals surface area contributed by atoms with Crippen LogP contribution in [-0.4, -0.2) is 27.4 Å². The number of nitrogens with zero attached hydrogens (tertiary/aromatic N) is 4. The quantitative estimate of drug-likeness (QED) is 0.549.